The Balaban J connectivity index is 1.28. The van der Waals surface area contributed by atoms with Crippen molar-refractivity contribution < 1.29 is 19.0 Å². The smallest absolute Gasteiger partial charge is 0.309 e. The van der Waals surface area contributed by atoms with Crippen LogP contribution in [-0.2, 0) is 33.5 Å². The second-order valence-corrected chi connectivity index (χ2v) is 8.08. The van der Waals surface area contributed by atoms with Crippen LogP contribution in [0.5, 0.6) is 5.75 Å². The fraction of sp³-hybridized carbons (Fsp3) is 0.500. The van der Waals surface area contributed by atoms with Crippen molar-refractivity contribution in [2.24, 2.45) is 0 Å². The van der Waals surface area contributed by atoms with Crippen LogP contribution in [0.1, 0.15) is 36.0 Å². The van der Waals surface area contributed by atoms with Gasteiger partial charge < -0.3 is 14.2 Å². The van der Waals surface area contributed by atoms with Crippen LogP contribution in [0.15, 0.2) is 48.5 Å². The molecule has 0 aliphatic carbocycles. The van der Waals surface area contributed by atoms with Crippen molar-refractivity contribution >= 4 is 5.97 Å². The zero-order valence-corrected chi connectivity index (χ0v) is 18.7. The first-order valence-corrected chi connectivity index (χ1v) is 11.4. The van der Waals surface area contributed by atoms with Gasteiger partial charge in [-0.1, -0.05) is 36.4 Å². The Bertz CT molecular complexity index is 767. The Morgan fingerprint density at radius 1 is 0.871 bits per heavy atom. The summed E-state index contributed by atoms with van der Waals surface area (Å²) in [6.45, 7) is 5.62. The summed E-state index contributed by atoms with van der Waals surface area (Å²) in [5.74, 6) is 0.759. The second-order valence-electron chi connectivity index (χ2n) is 8.08. The molecule has 0 spiro atoms. The number of esters is 1. The average Bonchev–Trinajstić information content (AvgIpc) is 2.82. The van der Waals surface area contributed by atoms with Crippen molar-refractivity contribution in [3.63, 3.8) is 0 Å². The molecule has 1 heterocycles. The molecule has 1 aliphatic heterocycles. The molecule has 0 radical (unpaired) electrons. The summed E-state index contributed by atoms with van der Waals surface area (Å²) >= 11 is 0. The number of morpholine rings is 1. The Labute approximate surface area is 186 Å². The summed E-state index contributed by atoms with van der Waals surface area (Å²) in [7, 11) is 1.42. The van der Waals surface area contributed by atoms with Crippen molar-refractivity contribution in [3.05, 3.63) is 65.2 Å². The fourth-order valence-electron chi connectivity index (χ4n) is 3.78. The topological polar surface area (TPSA) is 48.0 Å². The van der Waals surface area contributed by atoms with Gasteiger partial charge in [-0.2, -0.15) is 0 Å². The molecule has 5 heteroatoms. The van der Waals surface area contributed by atoms with Crippen LogP contribution in [0, 0.1) is 0 Å². The quantitative estimate of drug-likeness (QED) is 0.379. The molecule has 0 saturated carbocycles. The minimum absolute atomic E-state index is 0.197. The van der Waals surface area contributed by atoms with Gasteiger partial charge in [-0.25, -0.2) is 0 Å². The Hall–Kier alpha value is -2.37. The molecule has 2 aromatic carbocycles. The van der Waals surface area contributed by atoms with E-state index in [9.17, 15) is 4.79 Å². The summed E-state index contributed by atoms with van der Waals surface area (Å²) in [6, 6.07) is 16.8. The molecule has 0 unspecified atom stereocenters. The van der Waals surface area contributed by atoms with E-state index in [2.05, 4.69) is 41.3 Å². The third-order valence-electron chi connectivity index (χ3n) is 5.69. The van der Waals surface area contributed by atoms with Gasteiger partial charge in [0.2, 0.25) is 0 Å². The first kappa shape index (κ1) is 23.3. The largest absolute Gasteiger partial charge is 0.494 e. The molecule has 0 N–H and O–H groups in total. The monoisotopic (exact) mass is 425 g/mol. The van der Waals surface area contributed by atoms with Crippen molar-refractivity contribution in [2.75, 3.05) is 46.6 Å². The van der Waals surface area contributed by atoms with Gasteiger partial charge in [0.05, 0.1) is 33.4 Å². The predicted molar refractivity (Wildman–Crippen MR) is 123 cm³/mol. The van der Waals surface area contributed by atoms with Crippen LogP contribution in [0.3, 0.4) is 0 Å². The van der Waals surface area contributed by atoms with E-state index in [1.165, 1.54) is 18.2 Å². The third-order valence-corrected chi connectivity index (χ3v) is 5.69. The van der Waals surface area contributed by atoms with Crippen molar-refractivity contribution in [2.45, 2.75) is 38.5 Å². The first-order valence-electron chi connectivity index (χ1n) is 11.4. The lowest BCUT2D eigenvalue weighted by atomic mass is 10.0. The minimum Gasteiger partial charge on any atom is -0.494 e. The maximum Gasteiger partial charge on any atom is 0.309 e. The molecule has 1 saturated heterocycles. The normalized spacial score (nSPS) is 14.4. The van der Waals surface area contributed by atoms with Gasteiger partial charge in [-0.05, 0) is 60.9 Å². The Kier molecular flexibility index (Phi) is 9.87. The summed E-state index contributed by atoms with van der Waals surface area (Å²) in [5, 5.41) is 0. The average molecular weight is 426 g/mol. The van der Waals surface area contributed by atoms with E-state index in [1.807, 2.05) is 12.1 Å². The number of unbranched alkanes of at least 4 members (excludes halogenated alkanes) is 1. The highest BCUT2D eigenvalue weighted by atomic mass is 16.5. The fourth-order valence-corrected chi connectivity index (χ4v) is 3.78. The molecule has 0 amide bonds. The van der Waals surface area contributed by atoms with E-state index in [0.29, 0.717) is 6.42 Å². The second kappa shape index (κ2) is 13.1. The molecule has 168 valence electrons. The lowest BCUT2D eigenvalue weighted by molar-refractivity contribution is -0.139. The highest BCUT2D eigenvalue weighted by molar-refractivity contribution is 5.72. The van der Waals surface area contributed by atoms with Crippen molar-refractivity contribution in [3.8, 4) is 5.75 Å². The first-order chi connectivity index (χ1) is 15.2. The van der Waals surface area contributed by atoms with E-state index >= 15 is 0 Å². The number of methoxy groups -OCH3 is 1. The van der Waals surface area contributed by atoms with Crippen molar-refractivity contribution in [1.82, 2.24) is 4.90 Å². The number of ether oxygens (including phenoxy) is 3. The molecule has 1 fully saturated rings. The molecular formula is C26H35NO4. The molecule has 2 aromatic rings. The van der Waals surface area contributed by atoms with E-state index in [4.69, 9.17) is 14.2 Å². The maximum absolute atomic E-state index is 11.3. The highest BCUT2D eigenvalue weighted by Gasteiger charge is 2.09. The lowest BCUT2D eigenvalue weighted by Gasteiger charge is -2.26. The van der Waals surface area contributed by atoms with Gasteiger partial charge in [-0.3, -0.25) is 9.69 Å². The highest BCUT2D eigenvalue weighted by Crippen LogP contribution is 2.16. The van der Waals surface area contributed by atoms with E-state index in [1.54, 1.807) is 0 Å². The zero-order valence-electron chi connectivity index (χ0n) is 18.7. The van der Waals surface area contributed by atoms with E-state index in [0.717, 1.165) is 82.9 Å². The molecule has 1 aliphatic rings. The summed E-state index contributed by atoms with van der Waals surface area (Å²) in [5.41, 5.74) is 3.67. The lowest BCUT2D eigenvalue weighted by Crippen LogP contribution is -2.37. The minimum atomic E-state index is -0.197. The molecular weight excluding hydrogens is 390 g/mol. The van der Waals surface area contributed by atoms with Gasteiger partial charge >= 0.3 is 5.97 Å². The molecule has 0 bridgehead atoms. The predicted octanol–water partition coefficient (Wildman–Crippen LogP) is 4.07. The molecule has 31 heavy (non-hydrogen) atoms. The summed E-state index contributed by atoms with van der Waals surface area (Å²) in [6.07, 6.45) is 5.83. The van der Waals surface area contributed by atoms with Crippen LogP contribution >= 0.6 is 0 Å². The molecule has 5 nitrogen and oxygen atoms in total. The van der Waals surface area contributed by atoms with Gasteiger partial charge in [0, 0.05) is 19.6 Å². The van der Waals surface area contributed by atoms with Crippen LogP contribution in [0.4, 0.5) is 0 Å². The number of carbonyl (C=O) groups is 1. The summed E-state index contributed by atoms with van der Waals surface area (Å²) in [4.78, 5) is 13.8. The van der Waals surface area contributed by atoms with Crippen LogP contribution < -0.4 is 4.74 Å². The van der Waals surface area contributed by atoms with Crippen molar-refractivity contribution in [1.29, 1.82) is 0 Å². The van der Waals surface area contributed by atoms with Gasteiger partial charge in [0.1, 0.15) is 5.75 Å². The standard InChI is InChI=1S/C26H35NO4/c1-29-26(28)21-24-9-7-22(8-10-24)5-2-3-6-23-11-13-25(14-12-23)31-18-4-15-27-16-19-30-20-17-27/h7-14H,2-6,15-21H2,1H3. The zero-order chi connectivity index (χ0) is 21.7. The Morgan fingerprint density at radius 3 is 2.06 bits per heavy atom. The van der Waals surface area contributed by atoms with E-state index in [-0.39, 0.29) is 5.97 Å². The summed E-state index contributed by atoms with van der Waals surface area (Å²) < 4.78 is 16.0. The molecule has 0 atom stereocenters. The number of hydrogen-bond donors (Lipinski definition) is 0. The van der Waals surface area contributed by atoms with Gasteiger partial charge in [0.25, 0.3) is 0 Å². The van der Waals surface area contributed by atoms with E-state index < -0.39 is 0 Å². The molecule has 0 aromatic heterocycles. The van der Waals surface area contributed by atoms with Crippen LogP contribution in [-0.4, -0.2) is 57.4 Å². The SMILES string of the molecule is COC(=O)Cc1ccc(CCCCc2ccc(OCCCN3CCOCC3)cc2)cc1. The number of carbonyl (C=O) groups excluding carboxylic acids is 1. The van der Waals surface area contributed by atoms with Gasteiger partial charge in [-0.15, -0.1) is 0 Å². The number of rotatable bonds is 12. The number of hydrogen-bond acceptors (Lipinski definition) is 5. The molecule has 3 rings (SSSR count). The third kappa shape index (κ3) is 8.72. The Morgan fingerprint density at radius 2 is 1.45 bits per heavy atom. The van der Waals surface area contributed by atoms with Crippen LogP contribution in [0.25, 0.3) is 0 Å². The van der Waals surface area contributed by atoms with Crippen LogP contribution in [0.2, 0.25) is 0 Å². The van der Waals surface area contributed by atoms with Gasteiger partial charge in [0.15, 0.2) is 0 Å². The maximum atomic E-state index is 11.3. The number of nitrogens with zero attached hydrogens (tertiary/aromatic N) is 1. The number of aryl methyl sites for hydroxylation is 2. The number of benzene rings is 2.